The molecule has 2 aliphatic heterocycles. The Kier molecular flexibility index (Phi) is 30.3. The Hall–Kier alpha value is -5.66. The van der Waals surface area contributed by atoms with Crippen LogP contribution in [-0.4, -0.2) is 79.9 Å². The molecule has 4 aromatic carbocycles. The lowest BCUT2D eigenvalue weighted by molar-refractivity contribution is -0.360. The van der Waals surface area contributed by atoms with Crippen LogP contribution in [0, 0.1) is 0 Å². The van der Waals surface area contributed by atoms with E-state index in [-0.39, 0.29) is 36.7 Å². The number of rotatable bonds is 39. The van der Waals surface area contributed by atoms with E-state index in [4.69, 9.17) is 33.2 Å². The van der Waals surface area contributed by atoms with Gasteiger partial charge in [-0.1, -0.05) is 246 Å². The highest BCUT2D eigenvalue weighted by Crippen LogP contribution is 2.38. The Balaban J connectivity index is 1.22. The second-order valence-corrected chi connectivity index (χ2v) is 21.7. The van der Waals surface area contributed by atoms with Crippen LogP contribution in [0.3, 0.4) is 0 Å². The Labute approximate surface area is 478 Å². The number of carbonyl (C=O) groups is 4. The van der Waals surface area contributed by atoms with Crippen molar-refractivity contribution in [3.05, 3.63) is 156 Å². The van der Waals surface area contributed by atoms with Crippen LogP contribution in [0.25, 0.3) is 0 Å². The number of fused-ring (bicyclic) bond motifs is 1. The lowest BCUT2D eigenvalue weighted by Crippen LogP contribution is -2.64. The molecule has 2 fully saturated rings. The molecule has 0 spiro atoms. The summed E-state index contributed by atoms with van der Waals surface area (Å²) in [7, 11) is 0. The molecule has 2 heterocycles. The van der Waals surface area contributed by atoms with Crippen molar-refractivity contribution < 1.29 is 52.3 Å². The number of carbonyl (C=O) groups excluding carboxylic acids is 4. The van der Waals surface area contributed by atoms with E-state index in [9.17, 15) is 19.2 Å². The Morgan fingerprint density at radius 1 is 0.525 bits per heavy atom. The summed E-state index contributed by atoms with van der Waals surface area (Å²) in [6, 6.07) is 34.3. The molecule has 0 saturated carbocycles. The summed E-state index contributed by atoms with van der Waals surface area (Å²) in [6.07, 6.45) is 26.1. The fourth-order valence-electron chi connectivity index (χ4n) is 10.4. The van der Waals surface area contributed by atoms with Crippen LogP contribution in [0.1, 0.15) is 224 Å². The van der Waals surface area contributed by atoms with Crippen molar-refractivity contribution in [3.8, 4) is 0 Å². The summed E-state index contributed by atoms with van der Waals surface area (Å²) < 4.78 is 45.3. The topological polar surface area (TPSA) is 145 Å². The highest BCUT2D eigenvalue weighted by atomic mass is 16.8. The van der Waals surface area contributed by atoms with E-state index in [1.807, 2.05) is 48.6 Å². The molecule has 12 heteroatoms. The largest absolute Gasteiger partial charge is 0.452 e. The summed E-state index contributed by atoms with van der Waals surface area (Å²) >= 11 is 0. The summed E-state index contributed by atoms with van der Waals surface area (Å²) in [5, 5.41) is 3.19. The van der Waals surface area contributed by atoms with Crippen LogP contribution in [0.4, 0.5) is 0 Å². The molecule has 1 amide bonds. The fourth-order valence-corrected chi connectivity index (χ4v) is 10.4. The molecular formula is C68H93NO11. The quantitative estimate of drug-likeness (QED) is 0.0197. The minimum absolute atomic E-state index is 0.0151. The third-order valence-electron chi connectivity index (χ3n) is 15.1. The molecule has 4 aromatic rings. The Morgan fingerprint density at radius 3 is 1.46 bits per heavy atom. The number of nitrogens with one attached hydrogen (secondary N) is 1. The molecule has 12 nitrogen and oxygen atoms in total. The third kappa shape index (κ3) is 23.1. The number of hydrogen-bond acceptors (Lipinski definition) is 11. The second kappa shape index (κ2) is 38.1. The van der Waals surface area contributed by atoms with Gasteiger partial charge < -0.3 is 38.5 Å². The minimum Gasteiger partial charge on any atom is -0.452 e. The van der Waals surface area contributed by atoms with Gasteiger partial charge in [0, 0.05) is 12.0 Å². The maximum atomic E-state index is 14.2. The van der Waals surface area contributed by atoms with Gasteiger partial charge in [-0.3, -0.25) is 4.79 Å². The summed E-state index contributed by atoms with van der Waals surface area (Å²) in [6.45, 7) is 4.26. The van der Waals surface area contributed by atoms with E-state index in [0.717, 1.165) is 50.5 Å². The summed E-state index contributed by atoms with van der Waals surface area (Å²) in [5.74, 6) is -2.15. The van der Waals surface area contributed by atoms with Gasteiger partial charge in [-0.05, 0) is 61.7 Å². The van der Waals surface area contributed by atoms with Crippen LogP contribution in [-0.2, 0) is 38.0 Å². The van der Waals surface area contributed by atoms with Crippen molar-refractivity contribution in [2.24, 2.45) is 0 Å². The molecule has 1 N–H and O–H groups in total. The smallest absolute Gasteiger partial charge is 0.338 e. The average Bonchev–Trinajstić information content (AvgIpc) is 3.54. The van der Waals surface area contributed by atoms with Crippen LogP contribution in [0.15, 0.2) is 133 Å². The standard InChI is InChI=1S/C68H93NO11/c1-3-5-7-9-11-13-15-17-19-21-23-25-39-49-58(76-64(71)53-41-31-27-32-42-53)57(69-60(70)50-40-26-24-22-20-18-16-14-12-10-8-6-4-2)51-74-68-63(79-66(73)55-45-35-29-36-46-55)62(78-65(72)54-43-33-28-34-44-54)61-59(77-68)52-75-67(80-61)56-47-37-30-38-48-56/h27-39,41-49,57-59,61-63,67-68H,3-26,40,50-52H2,1-2H3,(H,69,70)/b49-39+/t57-,58+,59+,61-,62-,63+,67-,68+/m0/s1. The number of allylic oxidation sites excluding steroid dienone is 1. The molecule has 80 heavy (non-hydrogen) atoms. The molecule has 436 valence electrons. The fraction of sp³-hybridized carbons (Fsp3) is 0.559. The molecule has 0 bridgehead atoms. The van der Waals surface area contributed by atoms with E-state index < -0.39 is 67.0 Å². The predicted octanol–water partition coefficient (Wildman–Crippen LogP) is 15.7. The first kappa shape index (κ1) is 63.5. The van der Waals surface area contributed by atoms with Crippen LogP contribution in [0.5, 0.6) is 0 Å². The zero-order valence-electron chi connectivity index (χ0n) is 48.1. The van der Waals surface area contributed by atoms with E-state index in [0.29, 0.717) is 12.0 Å². The maximum absolute atomic E-state index is 14.2. The average molecular weight is 1100 g/mol. The van der Waals surface area contributed by atoms with Crippen molar-refractivity contribution in [2.45, 2.75) is 230 Å². The Morgan fingerprint density at radius 2 is 0.963 bits per heavy atom. The molecule has 0 unspecified atom stereocenters. The van der Waals surface area contributed by atoms with Gasteiger partial charge in [0.2, 0.25) is 5.91 Å². The van der Waals surface area contributed by atoms with E-state index in [1.54, 1.807) is 84.9 Å². The predicted molar refractivity (Wildman–Crippen MR) is 314 cm³/mol. The first-order chi connectivity index (χ1) is 39.3. The molecular weight excluding hydrogens is 1010 g/mol. The number of benzene rings is 4. The van der Waals surface area contributed by atoms with Gasteiger partial charge in [0.15, 0.2) is 24.8 Å². The Bertz CT molecular complexity index is 2330. The monoisotopic (exact) mass is 1100 g/mol. The molecule has 0 aromatic heterocycles. The van der Waals surface area contributed by atoms with Gasteiger partial charge in [-0.2, -0.15) is 0 Å². The van der Waals surface area contributed by atoms with Gasteiger partial charge in [0.1, 0.15) is 18.3 Å². The number of amides is 1. The SMILES string of the molecule is CCCCCCCCCCCCC/C=C/[C@@H](OC(=O)c1ccccc1)[C@H](CO[C@@H]1O[C@@H]2CO[C@H](c3ccccc3)O[C@@H]2[C@H](OC(=O)c2ccccc2)[C@H]1OC(=O)c1ccccc1)NC(=O)CCCCCCCCCCCCCCC. The molecule has 0 aliphatic carbocycles. The van der Waals surface area contributed by atoms with E-state index >= 15 is 0 Å². The lowest BCUT2D eigenvalue weighted by atomic mass is 9.96. The zero-order valence-corrected chi connectivity index (χ0v) is 48.1. The van der Waals surface area contributed by atoms with Crippen LogP contribution in [0.2, 0.25) is 0 Å². The van der Waals surface area contributed by atoms with E-state index in [1.165, 1.54) is 109 Å². The van der Waals surface area contributed by atoms with Crippen molar-refractivity contribution >= 4 is 23.8 Å². The second-order valence-electron chi connectivity index (χ2n) is 21.7. The third-order valence-corrected chi connectivity index (χ3v) is 15.1. The number of ether oxygens (including phenoxy) is 7. The van der Waals surface area contributed by atoms with E-state index in [2.05, 4.69) is 19.2 Å². The van der Waals surface area contributed by atoms with Crippen molar-refractivity contribution in [1.82, 2.24) is 5.32 Å². The van der Waals surface area contributed by atoms with Gasteiger partial charge in [-0.25, -0.2) is 14.4 Å². The first-order valence-electron chi connectivity index (χ1n) is 30.7. The van der Waals surface area contributed by atoms with Gasteiger partial charge in [0.05, 0.1) is 35.9 Å². The minimum atomic E-state index is -1.39. The number of hydrogen-bond donors (Lipinski definition) is 1. The lowest BCUT2D eigenvalue weighted by Gasteiger charge is -2.48. The zero-order chi connectivity index (χ0) is 56.2. The van der Waals surface area contributed by atoms with Crippen LogP contribution >= 0.6 is 0 Å². The summed E-state index contributed by atoms with van der Waals surface area (Å²) in [4.78, 5) is 56.4. The number of unbranched alkanes of at least 4 members (excludes halogenated alkanes) is 23. The number of esters is 3. The molecule has 2 aliphatic rings. The van der Waals surface area contributed by atoms with Crippen molar-refractivity contribution in [3.63, 3.8) is 0 Å². The highest BCUT2D eigenvalue weighted by Gasteiger charge is 2.54. The normalized spacial score (nSPS) is 19.6. The maximum Gasteiger partial charge on any atom is 0.338 e. The first-order valence-corrected chi connectivity index (χ1v) is 30.7. The van der Waals surface area contributed by atoms with Crippen molar-refractivity contribution in [1.29, 1.82) is 0 Å². The van der Waals surface area contributed by atoms with Crippen molar-refractivity contribution in [2.75, 3.05) is 13.2 Å². The van der Waals surface area contributed by atoms with Crippen LogP contribution < -0.4 is 5.32 Å². The molecule has 6 rings (SSSR count). The summed E-state index contributed by atoms with van der Waals surface area (Å²) in [5.41, 5.74) is 1.63. The molecule has 2 saturated heterocycles. The van der Waals surface area contributed by atoms with Gasteiger partial charge >= 0.3 is 17.9 Å². The van der Waals surface area contributed by atoms with Gasteiger partial charge in [0.25, 0.3) is 0 Å². The molecule has 0 radical (unpaired) electrons. The molecule has 8 atom stereocenters. The highest BCUT2D eigenvalue weighted by molar-refractivity contribution is 5.91. The van der Waals surface area contributed by atoms with Gasteiger partial charge in [-0.15, -0.1) is 0 Å².